The summed E-state index contributed by atoms with van der Waals surface area (Å²) < 4.78 is 5.65. The van der Waals surface area contributed by atoms with Crippen LogP contribution in [0.3, 0.4) is 0 Å². The minimum Gasteiger partial charge on any atom is -0.489 e. The fourth-order valence-corrected chi connectivity index (χ4v) is 2.01. The highest BCUT2D eigenvalue weighted by Gasteiger charge is 2.19. The van der Waals surface area contributed by atoms with Gasteiger partial charge >= 0.3 is 0 Å². The van der Waals surface area contributed by atoms with Gasteiger partial charge in [0.25, 0.3) is 0 Å². The fraction of sp³-hybridized carbons (Fsp3) is 0.357. The molecule has 0 amide bonds. The zero-order valence-corrected chi connectivity index (χ0v) is 9.53. The number of carbonyl (C=O) groups is 1. The number of hydrogen-bond donors (Lipinski definition) is 0. The van der Waals surface area contributed by atoms with Gasteiger partial charge in [0.1, 0.15) is 12.4 Å². The maximum atomic E-state index is 11.7. The highest BCUT2D eigenvalue weighted by atomic mass is 16.5. The Balaban J connectivity index is 2.25. The second-order valence-corrected chi connectivity index (χ2v) is 3.94. The molecule has 0 aromatic heterocycles. The number of ketones is 1. The zero-order valence-electron chi connectivity index (χ0n) is 9.53. The van der Waals surface area contributed by atoms with Gasteiger partial charge in [-0.2, -0.15) is 0 Å². The van der Waals surface area contributed by atoms with Crippen molar-refractivity contribution < 1.29 is 9.53 Å². The van der Waals surface area contributed by atoms with Gasteiger partial charge < -0.3 is 4.74 Å². The van der Waals surface area contributed by atoms with Crippen molar-refractivity contribution in [2.45, 2.75) is 26.2 Å². The van der Waals surface area contributed by atoms with Crippen LogP contribution in [0.4, 0.5) is 0 Å². The number of hydrogen-bond acceptors (Lipinski definition) is 2. The van der Waals surface area contributed by atoms with E-state index in [1.165, 1.54) is 0 Å². The van der Waals surface area contributed by atoms with Gasteiger partial charge in [-0.3, -0.25) is 4.79 Å². The highest BCUT2D eigenvalue weighted by molar-refractivity contribution is 5.99. The van der Waals surface area contributed by atoms with Crippen LogP contribution in [0, 0.1) is 0 Å². The van der Waals surface area contributed by atoms with Crippen molar-refractivity contribution in [3.63, 3.8) is 0 Å². The summed E-state index contributed by atoms with van der Waals surface area (Å²) in [6, 6.07) is 5.74. The Hall–Kier alpha value is -1.57. The van der Waals surface area contributed by atoms with Gasteiger partial charge in [0, 0.05) is 17.5 Å². The standard InChI is InChI=1S/C14H16O2/c1-2-3-10-16-14-9-5-6-11-12(14)7-4-8-13(11)15/h2-3,5-6,9H,4,7-8,10H2,1H3. The molecule has 0 N–H and O–H groups in total. The first-order valence-corrected chi connectivity index (χ1v) is 5.72. The molecule has 0 unspecified atom stereocenters. The lowest BCUT2D eigenvalue weighted by Crippen LogP contribution is -2.12. The quantitative estimate of drug-likeness (QED) is 0.725. The normalized spacial score (nSPS) is 15.2. The van der Waals surface area contributed by atoms with Crippen LogP contribution in [0.15, 0.2) is 30.4 Å². The van der Waals surface area contributed by atoms with Crippen molar-refractivity contribution in [1.82, 2.24) is 0 Å². The third kappa shape index (κ3) is 2.16. The maximum absolute atomic E-state index is 11.7. The average Bonchev–Trinajstić information content (AvgIpc) is 2.31. The van der Waals surface area contributed by atoms with Crippen LogP contribution in [-0.4, -0.2) is 12.4 Å². The summed E-state index contributed by atoms with van der Waals surface area (Å²) in [6.45, 7) is 2.54. The molecule has 0 radical (unpaired) electrons. The predicted molar refractivity (Wildman–Crippen MR) is 64.0 cm³/mol. The molecule has 0 heterocycles. The van der Waals surface area contributed by atoms with Crippen LogP contribution in [0.5, 0.6) is 5.75 Å². The van der Waals surface area contributed by atoms with Gasteiger partial charge in [-0.25, -0.2) is 0 Å². The molecule has 0 fully saturated rings. The van der Waals surface area contributed by atoms with E-state index < -0.39 is 0 Å². The Kier molecular flexibility index (Phi) is 3.40. The summed E-state index contributed by atoms with van der Waals surface area (Å²) >= 11 is 0. The second kappa shape index (κ2) is 4.97. The molecule has 0 aliphatic heterocycles. The van der Waals surface area contributed by atoms with Gasteiger partial charge in [-0.15, -0.1) is 0 Å². The molecule has 0 saturated carbocycles. The monoisotopic (exact) mass is 216 g/mol. The minimum absolute atomic E-state index is 0.248. The third-order valence-corrected chi connectivity index (χ3v) is 2.83. The predicted octanol–water partition coefficient (Wildman–Crippen LogP) is 3.16. The zero-order chi connectivity index (χ0) is 11.4. The van der Waals surface area contributed by atoms with E-state index >= 15 is 0 Å². The largest absolute Gasteiger partial charge is 0.489 e. The van der Waals surface area contributed by atoms with E-state index in [0.29, 0.717) is 13.0 Å². The first kappa shape index (κ1) is 10.9. The van der Waals surface area contributed by atoms with Crippen LogP contribution in [-0.2, 0) is 6.42 Å². The molecule has 0 saturated heterocycles. The number of Topliss-reactive ketones (excluding diaryl/α,β-unsaturated/α-hetero) is 1. The topological polar surface area (TPSA) is 26.3 Å². The molecule has 1 aromatic carbocycles. The number of allylic oxidation sites excluding steroid dienone is 1. The number of ether oxygens (including phenoxy) is 1. The third-order valence-electron chi connectivity index (χ3n) is 2.83. The molecule has 1 aromatic rings. The van der Waals surface area contributed by atoms with Crippen molar-refractivity contribution in [3.8, 4) is 5.75 Å². The molecule has 0 bridgehead atoms. The van der Waals surface area contributed by atoms with E-state index in [9.17, 15) is 4.79 Å². The maximum Gasteiger partial charge on any atom is 0.163 e. The molecule has 1 aliphatic carbocycles. The summed E-state index contributed by atoms with van der Waals surface area (Å²) in [7, 11) is 0. The Morgan fingerprint density at radius 1 is 1.38 bits per heavy atom. The van der Waals surface area contributed by atoms with Crippen molar-refractivity contribution in [2.24, 2.45) is 0 Å². The van der Waals surface area contributed by atoms with E-state index in [0.717, 1.165) is 29.7 Å². The summed E-state index contributed by atoms with van der Waals surface area (Å²) in [6.07, 6.45) is 6.48. The first-order valence-electron chi connectivity index (χ1n) is 5.72. The number of benzene rings is 1. The molecule has 2 rings (SSSR count). The lowest BCUT2D eigenvalue weighted by molar-refractivity contribution is 0.0971. The van der Waals surface area contributed by atoms with Crippen molar-refractivity contribution in [1.29, 1.82) is 0 Å². The van der Waals surface area contributed by atoms with Crippen molar-refractivity contribution in [2.75, 3.05) is 6.61 Å². The molecule has 0 atom stereocenters. The molecular weight excluding hydrogens is 200 g/mol. The van der Waals surface area contributed by atoms with Gasteiger partial charge in [0.05, 0.1) is 0 Å². The SMILES string of the molecule is CC=CCOc1cccc2c1CCCC2=O. The molecule has 16 heavy (non-hydrogen) atoms. The highest BCUT2D eigenvalue weighted by Crippen LogP contribution is 2.29. The number of rotatable bonds is 3. The fourth-order valence-electron chi connectivity index (χ4n) is 2.01. The van der Waals surface area contributed by atoms with Gasteiger partial charge in [-0.05, 0) is 25.8 Å². The average molecular weight is 216 g/mol. The smallest absolute Gasteiger partial charge is 0.163 e. The second-order valence-electron chi connectivity index (χ2n) is 3.94. The minimum atomic E-state index is 0.248. The number of carbonyl (C=O) groups excluding carboxylic acids is 1. The van der Waals surface area contributed by atoms with E-state index in [1.54, 1.807) is 0 Å². The molecule has 1 aliphatic rings. The van der Waals surface area contributed by atoms with Crippen LogP contribution in [0.25, 0.3) is 0 Å². The van der Waals surface area contributed by atoms with Crippen LogP contribution >= 0.6 is 0 Å². The van der Waals surface area contributed by atoms with E-state index in [4.69, 9.17) is 4.74 Å². The van der Waals surface area contributed by atoms with Crippen LogP contribution in [0.2, 0.25) is 0 Å². The van der Waals surface area contributed by atoms with E-state index in [1.807, 2.05) is 37.3 Å². The molecular formula is C14H16O2. The molecule has 2 nitrogen and oxygen atoms in total. The molecule has 2 heteroatoms. The molecule has 0 spiro atoms. The number of fused-ring (bicyclic) bond motifs is 1. The molecule has 84 valence electrons. The van der Waals surface area contributed by atoms with Crippen molar-refractivity contribution >= 4 is 5.78 Å². The van der Waals surface area contributed by atoms with Gasteiger partial charge in [0.2, 0.25) is 0 Å². The first-order chi connectivity index (χ1) is 7.83. The summed E-state index contributed by atoms with van der Waals surface area (Å²) in [4.78, 5) is 11.7. The summed E-state index contributed by atoms with van der Waals surface area (Å²) in [5.41, 5.74) is 1.94. The lowest BCUT2D eigenvalue weighted by Gasteiger charge is -2.18. The van der Waals surface area contributed by atoms with E-state index in [2.05, 4.69) is 0 Å². The Bertz CT molecular complexity index is 419. The van der Waals surface area contributed by atoms with Crippen LogP contribution in [0.1, 0.15) is 35.7 Å². The summed E-state index contributed by atoms with van der Waals surface area (Å²) in [5, 5.41) is 0. The van der Waals surface area contributed by atoms with Gasteiger partial charge in [0.15, 0.2) is 5.78 Å². The summed E-state index contributed by atoms with van der Waals surface area (Å²) in [5.74, 6) is 1.11. The van der Waals surface area contributed by atoms with Gasteiger partial charge in [-0.1, -0.05) is 24.3 Å². The Morgan fingerprint density at radius 2 is 2.25 bits per heavy atom. The Labute approximate surface area is 95.9 Å². The Morgan fingerprint density at radius 3 is 3.06 bits per heavy atom. The van der Waals surface area contributed by atoms with Crippen molar-refractivity contribution in [3.05, 3.63) is 41.5 Å². The van der Waals surface area contributed by atoms with E-state index in [-0.39, 0.29) is 5.78 Å². The lowest BCUT2D eigenvalue weighted by atomic mass is 9.90. The van der Waals surface area contributed by atoms with Crippen LogP contribution < -0.4 is 4.74 Å².